The molecule has 132 valence electrons. The van der Waals surface area contributed by atoms with E-state index in [4.69, 9.17) is 16.7 Å². The fraction of sp³-hybridized carbons (Fsp3) is 0.467. The van der Waals surface area contributed by atoms with Crippen molar-refractivity contribution in [3.63, 3.8) is 0 Å². The Kier molecular flexibility index (Phi) is 4.81. The number of carboxylic acid groups (broad SMARTS) is 1. The van der Waals surface area contributed by atoms with E-state index in [1.54, 1.807) is 11.5 Å². The Bertz CT molecular complexity index is 925. The number of amides is 1. The molecule has 1 unspecified atom stereocenters. The van der Waals surface area contributed by atoms with Gasteiger partial charge in [0.2, 0.25) is 11.2 Å². The molecule has 1 aliphatic heterocycles. The van der Waals surface area contributed by atoms with Crippen molar-refractivity contribution in [1.29, 1.82) is 0 Å². The molecule has 1 amide bonds. The molecule has 0 aromatic carbocycles. The summed E-state index contributed by atoms with van der Waals surface area (Å²) >= 11 is 5.82. The first-order valence-electron chi connectivity index (χ1n) is 7.79. The molecular formula is C15H17ClN6O3. The number of aromatic nitrogens is 4. The molecule has 10 heteroatoms. The Hall–Kier alpha value is -2.73. The van der Waals surface area contributed by atoms with Crippen LogP contribution in [0.25, 0.3) is 11.2 Å². The normalized spacial score (nSPS) is 17.2. The van der Waals surface area contributed by atoms with E-state index in [9.17, 15) is 9.59 Å². The van der Waals surface area contributed by atoms with Crippen molar-refractivity contribution >= 4 is 34.8 Å². The minimum absolute atomic E-state index is 0.0284. The van der Waals surface area contributed by atoms with Gasteiger partial charge in [0.1, 0.15) is 0 Å². The zero-order valence-electron chi connectivity index (χ0n) is 13.5. The first-order chi connectivity index (χ1) is 12.0. The van der Waals surface area contributed by atoms with Gasteiger partial charge in [-0.1, -0.05) is 5.92 Å². The second-order valence-electron chi connectivity index (χ2n) is 5.69. The van der Waals surface area contributed by atoms with Crippen molar-refractivity contribution in [3.8, 4) is 11.8 Å². The van der Waals surface area contributed by atoms with Crippen LogP contribution < -0.4 is 15.8 Å². The lowest BCUT2D eigenvalue weighted by atomic mass is 10.1. The molecule has 3 heterocycles. The molecule has 1 aliphatic rings. The second kappa shape index (κ2) is 7.03. The maximum Gasteiger partial charge on any atom is 0.404 e. The lowest BCUT2D eigenvalue weighted by Crippen LogP contribution is -2.48. The highest BCUT2D eigenvalue weighted by molar-refractivity contribution is 6.28. The molecule has 2 aromatic rings. The van der Waals surface area contributed by atoms with E-state index < -0.39 is 6.09 Å². The standard InChI is InChI=1S/C15H17ClN6O3/c1-2-3-7-22-10-11(18-13(16)20-12(10)23)19-14(22)21-6-4-5-9(8-21)17-15(24)25/h9,17H,4-8H2,1H3,(H,24,25)(H,18,20,23). The third-order valence-electron chi connectivity index (χ3n) is 4.01. The number of nitrogens with one attached hydrogen (secondary N) is 2. The predicted octanol–water partition coefficient (Wildman–Crippen LogP) is 1.03. The fourth-order valence-corrected chi connectivity index (χ4v) is 3.17. The molecule has 9 nitrogen and oxygen atoms in total. The number of H-pyrrole nitrogens is 1. The number of rotatable bonds is 3. The maximum atomic E-state index is 12.3. The minimum atomic E-state index is -1.05. The highest BCUT2D eigenvalue weighted by Gasteiger charge is 2.26. The fourth-order valence-electron chi connectivity index (χ4n) is 3.01. The van der Waals surface area contributed by atoms with Gasteiger partial charge in [0.15, 0.2) is 11.2 Å². The van der Waals surface area contributed by atoms with Gasteiger partial charge in [0.05, 0.1) is 6.54 Å². The number of piperidine rings is 1. The summed E-state index contributed by atoms with van der Waals surface area (Å²) in [5, 5.41) is 11.4. The molecule has 1 fully saturated rings. The maximum absolute atomic E-state index is 12.3. The second-order valence-corrected chi connectivity index (χ2v) is 6.05. The summed E-state index contributed by atoms with van der Waals surface area (Å²) in [6.07, 6.45) is 0.503. The summed E-state index contributed by atoms with van der Waals surface area (Å²) in [6, 6.07) is -0.202. The number of fused-ring (bicyclic) bond motifs is 1. The number of nitrogens with zero attached hydrogens (tertiary/aromatic N) is 4. The van der Waals surface area contributed by atoms with Crippen LogP contribution in [0.5, 0.6) is 0 Å². The molecule has 3 rings (SSSR count). The van der Waals surface area contributed by atoms with Gasteiger partial charge in [0, 0.05) is 19.1 Å². The number of carbonyl (C=O) groups is 1. The third-order valence-corrected chi connectivity index (χ3v) is 4.19. The molecule has 25 heavy (non-hydrogen) atoms. The Morgan fingerprint density at radius 3 is 3.04 bits per heavy atom. The van der Waals surface area contributed by atoms with Crippen molar-refractivity contribution in [2.75, 3.05) is 18.0 Å². The van der Waals surface area contributed by atoms with Crippen LogP contribution in [0.3, 0.4) is 0 Å². The van der Waals surface area contributed by atoms with Crippen LogP contribution in [-0.4, -0.2) is 49.9 Å². The van der Waals surface area contributed by atoms with Crippen molar-refractivity contribution in [2.24, 2.45) is 0 Å². The van der Waals surface area contributed by atoms with Crippen LogP contribution in [0.2, 0.25) is 5.28 Å². The van der Waals surface area contributed by atoms with E-state index in [1.165, 1.54) is 0 Å². The zero-order valence-corrected chi connectivity index (χ0v) is 14.3. The molecule has 3 N–H and O–H groups in total. The number of hydrogen-bond donors (Lipinski definition) is 3. The number of halogens is 1. The molecule has 1 atom stereocenters. The molecule has 0 bridgehead atoms. The Balaban J connectivity index is 2.04. The van der Waals surface area contributed by atoms with Crippen LogP contribution in [0.15, 0.2) is 4.79 Å². The lowest BCUT2D eigenvalue weighted by Gasteiger charge is -2.33. The molecule has 0 spiro atoms. The van der Waals surface area contributed by atoms with Crippen LogP contribution >= 0.6 is 11.6 Å². The molecule has 0 radical (unpaired) electrons. The highest BCUT2D eigenvalue weighted by Crippen LogP contribution is 2.23. The molecule has 2 aromatic heterocycles. The highest BCUT2D eigenvalue weighted by atomic mass is 35.5. The Morgan fingerprint density at radius 1 is 1.52 bits per heavy atom. The van der Waals surface area contributed by atoms with Crippen LogP contribution in [0.4, 0.5) is 10.7 Å². The van der Waals surface area contributed by atoms with E-state index in [-0.39, 0.29) is 29.1 Å². The summed E-state index contributed by atoms with van der Waals surface area (Å²) < 4.78 is 1.69. The smallest absolute Gasteiger partial charge is 0.404 e. The summed E-state index contributed by atoms with van der Waals surface area (Å²) in [6.45, 7) is 3.15. The topological polar surface area (TPSA) is 116 Å². The molecule has 0 aliphatic carbocycles. The van der Waals surface area contributed by atoms with Gasteiger partial charge in [-0.25, -0.2) is 4.79 Å². The van der Waals surface area contributed by atoms with Crippen molar-refractivity contribution in [1.82, 2.24) is 24.8 Å². The summed E-state index contributed by atoms with van der Waals surface area (Å²) in [4.78, 5) is 36.1. The van der Waals surface area contributed by atoms with E-state index in [0.29, 0.717) is 24.6 Å². The van der Waals surface area contributed by atoms with Crippen molar-refractivity contribution in [2.45, 2.75) is 32.4 Å². The molecular weight excluding hydrogens is 348 g/mol. The van der Waals surface area contributed by atoms with E-state index >= 15 is 0 Å². The zero-order chi connectivity index (χ0) is 18.0. The van der Waals surface area contributed by atoms with Gasteiger partial charge in [-0.3, -0.25) is 14.3 Å². The minimum Gasteiger partial charge on any atom is -0.465 e. The number of imidazole rings is 1. The van der Waals surface area contributed by atoms with Crippen molar-refractivity contribution in [3.05, 3.63) is 15.6 Å². The van der Waals surface area contributed by atoms with Crippen molar-refractivity contribution < 1.29 is 9.90 Å². The average Bonchev–Trinajstić information content (AvgIpc) is 2.91. The van der Waals surface area contributed by atoms with E-state index in [1.807, 2.05) is 4.90 Å². The molecule has 0 saturated carbocycles. The van der Waals surface area contributed by atoms with Gasteiger partial charge < -0.3 is 15.3 Å². The average molecular weight is 365 g/mol. The van der Waals surface area contributed by atoms with Gasteiger partial charge in [-0.15, -0.1) is 5.92 Å². The van der Waals surface area contributed by atoms with Crippen LogP contribution in [0, 0.1) is 11.8 Å². The predicted molar refractivity (Wildman–Crippen MR) is 93.0 cm³/mol. The van der Waals surface area contributed by atoms with Gasteiger partial charge in [0.25, 0.3) is 5.56 Å². The lowest BCUT2D eigenvalue weighted by molar-refractivity contribution is 0.188. The summed E-state index contributed by atoms with van der Waals surface area (Å²) in [5.74, 6) is 6.27. The van der Waals surface area contributed by atoms with Crippen LogP contribution in [-0.2, 0) is 6.54 Å². The monoisotopic (exact) mass is 364 g/mol. The number of anilines is 1. The Morgan fingerprint density at radius 2 is 2.32 bits per heavy atom. The SMILES string of the molecule is CC#CCn1c(N2CCCC(NC(=O)O)C2)nc2nc(Cl)[nH]c(=O)c21. The van der Waals surface area contributed by atoms with Gasteiger partial charge in [-0.2, -0.15) is 9.97 Å². The number of aromatic amines is 1. The number of hydrogen-bond acceptors (Lipinski definition) is 5. The van der Waals surface area contributed by atoms with Gasteiger partial charge in [-0.05, 0) is 31.4 Å². The first kappa shape index (κ1) is 17.1. The quantitative estimate of drug-likeness (QED) is 0.553. The van der Waals surface area contributed by atoms with Crippen LogP contribution in [0.1, 0.15) is 19.8 Å². The largest absolute Gasteiger partial charge is 0.465 e. The third kappa shape index (κ3) is 3.53. The van der Waals surface area contributed by atoms with E-state index in [2.05, 4.69) is 32.1 Å². The van der Waals surface area contributed by atoms with Gasteiger partial charge >= 0.3 is 6.09 Å². The summed E-state index contributed by atoms with van der Waals surface area (Å²) in [7, 11) is 0. The van der Waals surface area contributed by atoms with E-state index in [0.717, 1.165) is 12.8 Å². The first-order valence-corrected chi connectivity index (χ1v) is 8.17. The Labute approximate surface area is 148 Å². The summed E-state index contributed by atoms with van der Waals surface area (Å²) in [5.41, 5.74) is 0.161. The molecule has 1 saturated heterocycles.